The maximum atomic E-state index is 12.2. The molecule has 1 aliphatic heterocycles. The van der Waals surface area contributed by atoms with Gasteiger partial charge in [-0.15, -0.1) is 22.7 Å². The number of anilines is 1. The summed E-state index contributed by atoms with van der Waals surface area (Å²) < 4.78 is 0. The van der Waals surface area contributed by atoms with E-state index in [9.17, 15) is 19.5 Å². The Hall–Kier alpha value is -2.19. The monoisotopic (exact) mass is 364 g/mol. The van der Waals surface area contributed by atoms with Crippen LogP contribution in [0.25, 0.3) is 0 Å². The van der Waals surface area contributed by atoms with E-state index in [1.165, 1.54) is 29.6 Å². The molecule has 2 aromatic heterocycles. The number of hydrogen-bond acceptors (Lipinski definition) is 5. The van der Waals surface area contributed by atoms with Crippen LogP contribution in [0.4, 0.5) is 5.00 Å². The van der Waals surface area contributed by atoms with E-state index in [4.69, 9.17) is 0 Å². The Morgan fingerprint density at radius 2 is 2.17 bits per heavy atom. The molecule has 0 spiro atoms. The Bertz CT molecular complexity index is 795. The maximum Gasteiger partial charge on any atom is 0.339 e. The zero-order valence-corrected chi connectivity index (χ0v) is 14.6. The van der Waals surface area contributed by atoms with Crippen LogP contribution in [0.2, 0.25) is 0 Å². The lowest BCUT2D eigenvalue weighted by atomic mass is 10.0. The van der Waals surface area contributed by atoms with E-state index in [-0.39, 0.29) is 23.8 Å². The zero-order valence-electron chi connectivity index (χ0n) is 13.0. The maximum absolute atomic E-state index is 12.2. The number of carbonyl (C=O) groups is 3. The van der Waals surface area contributed by atoms with Gasteiger partial charge in [0.05, 0.1) is 18.5 Å². The molecule has 126 valence electrons. The summed E-state index contributed by atoms with van der Waals surface area (Å²) in [6, 6.07) is 3.74. The van der Waals surface area contributed by atoms with E-state index >= 15 is 0 Å². The first-order chi connectivity index (χ1) is 11.5. The minimum atomic E-state index is -1.05. The number of carbonyl (C=O) groups excluding carboxylic acids is 2. The second-order valence-electron chi connectivity index (χ2n) is 5.51. The van der Waals surface area contributed by atoms with Crippen molar-refractivity contribution in [1.82, 2.24) is 4.90 Å². The molecule has 0 bridgehead atoms. The van der Waals surface area contributed by atoms with E-state index in [1.54, 1.807) is 4.90 Å². The number of carboxylic acids is 1. The van der Waals surface area contributed by atoms with Gasteiger partial charge in [-0.2, -0.15) is 0 Å². The van der Waals surface area contributed by atoms with Gasteiger partial charge in [0.2, 0.25) is 11.8 Å². The van der Waals surface area contributed by atoms with Gasteiger partial charge in [-0.25, -0.2) is 4.79 Å². The highest BCUT2D eigenvalue weighted by Gasteiger charge is 2.29. The first-order valence-corrected chi connectivity index (χ1v) is 9.11. The first kappa shape index (κ1) is 16.7. The summed E-state index contributed by atoms with van der Waals surface area (Å²) >= 11 is 2.73. The van der Waals surface area contributed by atoms with E-state index < -0.39 is 5.97 Å². The van der Waals surface area contributed by atoms with E-state index in [2.05, 4.69) is 5.32 Å². The third kappa shape index (κ3) is 3.34. The highest BCUT2D eigenvalue weighted by Crippen LogP contribution is 2.37. The number of amides is 2. The third-order valence-electron chi connectivity index (χ3n) is 3.88. The van der Waals surface area contributed by atoms with Gasteiger partial charge in [-0.05, 0) is 23.4 Å². The summed E-state index contributed by atoms with van der Waals surface area (Å²) in [5, 5.41) is 14.5. The van der Waals surface area contributed by atoms with Gasteiger partial charge < -0.3 is 15.3 Å². The van der Waals surface area contributed by atoms with Gasteiger partial charge in [-0.1, -0.05) is 6.07 Å². The molecule has 0 atom stereocenters. The van der Waals surface area contributed by atoms with Crippen molar-refractivity contribution in [3.8, 4) is 0 Å². The number of thiophene rings is 2. The third-order valence-corrected chi connectivity index (χ3v) is 5.89. The van der Waals surface area contributed by atoms with Crippen LogP contribution in [0.1, 0.15) is 32.6 Å². The number of nitrogens with zero attached hydrogens (tertiary/aromatic N) is 1. The fourth-order valence-electron chi connectivity index (χ4n) is 2.73. The summed E-state index contributed by atoms with van der Waals surface area (Å²) in [5.74, 6) is -1.31. The van der Waals surface area contributed by atoms with E-state index in [0.29, 0.717) is 24.5 Å². The molecule has 1 aliphatic rings. The molecule has 8 heteroatoms. The van der Waals surface area contributed by atoms with Crippen molar-refractivity contribution in [3.63, 3.8) is 0 Å². The van der Waals surface area contributed by atoms with Crippen LogP contribution < -0.4 is 5.32 Å². The van der Waals surface area contributed by atoms with Gasteiger partial charge >= 0.3 is 5.97 Å². The standard InChI is InChI=1S/C16H16N2O4S2/c1-9(19)18-5-4-11-12(8-18)24-15(14(11)16(21)22)17-13(20)7-10-3-2-6-23-10/h2-3,6H,4-5,7-8H2,1H3,(H,17,20)(H,21,22). The van der Waals surface area contributed by atoms with Gasteiger partial charge in [-0.3, -0.25) is 9.59 Å². The molecule has 0 unspecified atom stereocenters. The Morgan fingerprint density at radius 1 is 1.38 bits per heavy atom. The number of fused-ring (bicyclic) bond motifs is 1. The van der Waals surface area contributed by atoms with Crippen LogP contribution >= 0.6 is 22.7 Å². The smallest absolute Gasteiger partial charge is 0.339 e. The summed E-state index contributed by atoms with van der Waals surface area (Å²) in [4.78, 5) is 38.8. The lowest BCUT2D eigenvalue weighted by Crippen LogP contribution is -2.33. The molecular weight excluding hydrogens is 348 g/mol. The van der Waals surface area contributed by atoms with Crippen LogP contribution in [-0.2, 0) is 29.0 Å². The van der Waals surface area contributed by atoms with Crippen LogP contribution in [0.3, 0.4) is 0 Å². The fraction of sp³-hybridized carbons (Fsp3) is 0.312. The number of nitrogens with one attached hydrogen (secondary N) is 1. The van der Waals surface area contributed by atoms with Crippen LogP contribution in [0.5, 0.6) is 0 Å². The average molecular weight is 364 g/mol. The minimum Gasteiger partial charge on any atom is -0.478 e. The summed E-state index contributed by atoms with van der Waals surface area (Å²) in [6.45, 7) is 2.40. The van der Waals surface area contributed by atoms with Crippen molar-refractivity contribution >= 4 is 45.5 Å². The van der Waals surface area contributed by atoms with Gasteiger partial charge in [0.25, 0.3) is 0 Å². The molecule has 3 rings (SSSR count). The van der Waals surface area contributed by atoms with Gasteiger partial charge in [0.1, 0.15) is 5.00 Å². The molecule has 0 fully saturated rings. The van der Waals surface area contributed by atoms with Crippen molar-refractivity contribution in [2.45, 2.75) is 26.3 Å². The normalized spacial score (nSPS) is 13.5. The Kier molecular flexibility index (Phi) is 4.68. The number of carboxylic acid groups (broad SMARTS) is 1. The van der Waals surface area contributed by atoms with Crippen molar-refractivity contribution in [2.24, 2.45) is 0 Å². The lowest BCUT2D eigenvalue weighted by Gasteiger charge is -2.25. The van der Waals surface area contributed by atoms with Gasteiger partial charge in [0, 0.05) is 23.2 Å². The van der Waals surface area contributed by atoms with Crippen LogP contribution in [0, 0.1) is 0 Å². The molecule has 2 N–H and O–H groups in total. The molecule has 2 aromatic rings. The molecule has 6 nitrogen and oxygen atoms in total. The summed E-state index contributed by atoms with van der Waals surface area (Å²) in [6.07, 6.45) is 0.715. The van der Waals surface area contributed by atoms with E-state index in [1.807, 2.05) is 17.5 Å². The largest absolute Gasteiger partial charge is 0.478 e. The summed E-state index contributed by atoms with van der Waals surface area (Å²) in [5.41, 5.74) is 0.897. The molecule has 0 aliphatic carbocycles. The lowest BCUT2D eigenvalue weighted by molar-refractivity contribution is -0.129. The average Bonchev–Trinajstić information content (AvgIpc) is 3.12. The second kappa shape index (κ2) is 6.74. The number of aromatic carboxylic acids is 1. The SMILES string of the molecule is CC(=O)N1CCc2c(sc(NC(=O)Cc3cccs3)c2C(=O)O)C1. The Morgan fingerprint density at radius 3 is 2.79 bits per heavy atom. The molecule has 2 amide bonds. The zero-order chi connectivity index (χ0) is 17.3. The molecule has 0 saturated carbocycles. The van der Waals surface area contributed by atoms with Crippen molar-refractivity contribution < 1.29 is 19.5 Å². The predicted octanol–water partition coefficient (Wildman–Crippen LogP) is 2.59. The number of hydrogen-bond donors (Lipinski definition) is 2. The highest BCUT2D eigenvalue weighted by atomic mass is 32.1. The van der Waals surface area contributed by atoms with Crippen molar-refractivity contribution in [2.75, 3.05) is 11.9 Å². The van der Waals surface area contributed by atoms with Crippen molar-refractivity contribution in [3.05, 3.63) is 38.4 Å². The molecule has 0 radical (unpaired) electrons. The fourth-order valence-corrected chi connectivity index (χ4v) is 4.70. The highest BCUT2D eigenvalue weighted by molar-refractivity contribution is 7.17. The predicted molar refractivity (Wildman–Crippen MR) is 92.7 cm³/mol. The summed E-state index contributed by atoms with van der Waals surface area (Å²) in [7, 11) is 0. The molecule has 0 aromatic carbocycles. The first-order valence-electron chi connectivity index (χ1n) is 7.41. The van der Waals surface area contributed by atoms with Crippen LogP contribution in [0.15, 0.2) is 17.5 Å². The van der Waals surface area contributed by atoms with Crippen molar-refractivity contribution in [1.29, 1.82) is 0 Å². The minimum absolute atomic E-state index is 0.0331. The quantitative estimate of drug-likeness (QED) is 0.873. The van der Waals surface area contributed by atoms with Crippen LogP contribution in [-0.4, -0.2) is 34.3 Å². The molecular formula is C16H16N2O4S2. The molecule has 24 heavy (non-hydrogen) atoms. The Balaban J connectivity index is 1.84. The van der Waals surface area contributed by atoms with E-state index in [0.717, 1.165) is 15.3 Å². The second-order valence-corrected chi connectivity index (χ2v) is 7.65. The number of rotatable bonds is 4. The Labute approximate surface area is 146 Å². The molecule has 0 saturated heterocycles. The van der Waals surface area contributed by atoms with Gasteiger partial charge in [0.15, 0.2) is 0 Å². The molecule has 3 heterocycles. The topological polar surface area (TPSA) is 86.7 Å².